The quantitative estimate of drug-likeness (QED) is 0.790. The normalized spacial score (nSPS) is 36.9. The number of amides is 1. The zero-order chi connectivity index (χ0) is 13.2. The molecule has 0 saturated carbocycles. The number of nitrogens with zero attached hydrogens (tertiary/aromatic N) is 1. The van der Waals surface area contributed by atoms with Crippen LogP contribution in [0.1, 0.15) is 39.5 Å². The SMILES string of the molecule is CCCC1(C(=O)N2CCC(O)C(C)C2)CCNC1. The van der Waals surface area contributed by atoms with Gasteiger partial charge in [0.25, 0.3) is 0 Å². The summed E-state index contributed by atoms with van der Waals surface area (Å²) >= 11 is 0. The lowest BCUT2D eigenvalue weighted by Crippen LogP contribution is -2.51. The van der Waals surface area contributed by atoms with Gasteiger partial charge in [-0.3, -0.25) is 4.79 Å². The number of carbonyl (C=O) groups excluding carboxylic acids is 1. The monoisotopic (exact) mass is 254 g/mol. The third-order valence-electron chi connectivity index (χ3n) is 4.57. The predicted octanol–water partition coefficient (Wildman–Crippen LogP) is 0.995. The van der Waals surface area contributed by atoms with Crippen molar-refractivity contribution in [2.75, 3.05) is 26.2 Å². The Labute approximate surface area is 110 Å². The molecule has 0 aromatic rings. The fourth-order valence-electron chi connectivity index (χ4n) is 3.38. The van der Waals surface area contributed by atoms with E-state index in [9.17, 15) is 9.90 Å². The fraction of sp³-hybridized carbons (Fsp3) is 0.929. The lowest BCUT2D eigenvalue weighted by molar-refractivity contribution is -0.145. The second kappa shape index (κ2) is 5.57. The molecule has 2 rings (SSSR count). The fourth-order valence-corrected chi connectivity index (χ4v) is 3.38. The molecule has 1 amide bonds. The van der Waals surface area contributed by atoms with Gasteiger partial charge < -0.3 is 15.3 Å². The zero-order valence-corrected chi connectivity index (χ0v) is 11.6. The van der Waals surface area contributed by atoms with E-state index in [1.54, 1.807) is 0 Å². The van der Waals surface area contributed by atoms with E-state index >= 15 is 0 Å². The minimum absolute atomic E-state index is 0.170. The first kappa shape index (κ1) is 13.8. The molecule has 3 unspecified atom stereocenters. The Kier molecular flexibility index (Phi) is 4.28. The summed E-state index contributed by atoms with van der Waals surface area (Å²) < 4.78 is 0. The Hall–Kier alpha value is -0.610. The van der Waals surface area contributed by atoms with Crippen LogP contribution in [0.2, 0.25) is 0 Å². The van der Waals surface area contributed by atoms with Crippen LogP contribution >= 0.6 is 0 Å². The second-order valence-electron chi connectivity index (χ2n) is 6.04. The van der Waals surface area contributed by atoms with E-state index in [0.717, 1.165) is 45.3 Å². The maximum Gasteiger partial charge on any atom is 0.230 e. The molecule has 18 heavy (non-hydrogen) atoms. The van der Waals surface area contributed by atoms with Crippen molar-refractivity contribution in [2.45, 2.75) is 45.6 Å². The van der Waals surface area contributed by atoms with E-state index in [2.05, 4.69) is 12.2 Å². The molecule has 2 N–H and O–H groups in total. The molecule has 104 valence electrons. The summed E-state index contributed by atoms with van der Waals surface area (Å²) in [5.41, 5.74) is -0.170. The van der Waals surface area contributed by atoms with Crippen LogP contribution in [-0.4, -0.2) is 48.2 Å². The number of carbonyl (C=O) groups is 1. The van der Waals surface area contributed by atoms with Crippen LogP contribution in [0.3, 0.4) is 0 Å². The van der Waals surface area contributed by atoms with Crippen LogP contribution in [0.5, 0.6) is 0 Å². The van der Waals surface area contributed by atoms with Gasteiger partial charge in [-0.25, -0.2) is 0 Å². The molecule has 0 aliphatic carbocycles. The number of aliphatic hydroxyl groups excluding tert-OH is 1. The van der Waals surface area contributed by atoms with Crippen LogP contribution in [0.4, 0.5) is 0 Å². The van der Waals surface area contributed by atoms with Crippen molar-refractivity contribution in [3.8, 4) is 0 Å². The average molecular weight is 254 g/mol. The van der Waals surface area contributed by atoms with Gasteiger partial charge in [-0.05, 0) is 31.7 Å². The maximum absolute atomic E-state index is 12.8. The molecule has 4 heteroatoms. The Balaban J connectivity index is 2.05. The molecule has 2 aliphatic heterocycles. The van der Waals surface area contributed by atoms with Gasteiger partial charge in [0.15, 0.2) is 0 Å². The molecular formula is C14H26N2O2. The Morgan fingerprint density at radius 3 is 2.89 bits per heavy atom. The largest absolute Gasteiger partial charge is 0.393 e. The summed E-state index contributed by atoms with van der Waals surface area (Å²) in [6.07, 6.45) is 3.49. The molecule has 0 radical (unpaired) electrons. The van der Waals surface area contributed by atoms with Gasteiger partial charge >= 0.3 is 0 Å². The van der Waals surface area contributed by atoms with Crippen LogP contribution in [-0.2, 0) is 4.79 Å². The summed E-state index contributed by atoms with van der Waals surface area (Å²) in [4.78, 5) is 14.8. The number of likely N-dealkylation sites (tertiary alicyclic amines) is 1. The highest BCUT2D eigenvalue weighted by Crippen LogP contribution is 2.34. The lowest BCUT2D eigenvalue weighted by Gasteiger charge is -2.39. The number of rotatable bonds is 3. The second-order valence-corrected chi connectivity index (χ2v) is 6.04. The smallest absolute Gasteiger partial charge is 0.230 e. The molecule has 2 heterocycles. The molecule has 4 nitrogen and oxygen atoms in total. The first-order valence-electron chi connectivity index (χ1n) is 7.27. The molecule has 0 aromatic heterocycles. The Bertz CT molecular complexity index is 300. The highest BCUT2D eigenvalue weighted by Gasteiger charge is 2.43. The van der Waals surface area contributed by atoms with Crippen LogP contribution < -0.4 is 5.32 Å². The zero-order valence-electron chi connectivity index (χ0n) is 11.6. The van der Waals surface area contributed by atoms with E-state index < -0.39 is 0 Å². The predicted molar refractivity (Wildman–Crippen MR) is 71.2 cm³/mol. The van der Waals surface area contributed by atoms with Gasteiger partial charge in [-0.15, -0.1) is 0 Å². The van der Waals surface area contributed by atoms with Crippen LogP contribution in [0.15, 0.2) is 0 Å². The topological polar surface area (TPSA) is 52.6 Å². The van der Waals surface area contributed by atoms with E-state index in [-0.39, 0.29) is 17.4 Å². The minimum atomic E-state index is -0.238. The molecule has 0 bridgehead atoms. The first-order valence-corrected chi connectivity index (χ1v) is 7.27. The van der Waals surface area contributed by atoms with Crippen LogP contribution in [0, 0.1) is 11.3 Å². The third-order valence-corrected chi connectivity index (χ3v) is 4.57. The van der Waals surface area contributed by atoms with Crippen molar-refractivity contribution in [1.29, 1.82) is 0 Å². The van der Waals surface area contributed by atoms with Crippen molar-refractivity contribution in [3.05, 3.63) is 0 Å². The molecule has 2 aliphatic rings. The standard InChI is InChI=1S/C14H26N2O2/c1-3-5-14(6-7-15-10-14)13(18)16-8-4-12(17)11(2)9-16/h11-12,15,17H,3-10H2,1-2H3. The van der Waals surface area contributed by atoms with Crippen molar-refractivity contribution in [1.82, 2.24) is 10.2 Å². The van der Waals surface area contributed by atoms with Gasteiger partial charge in [0.2, 0.25) is 5.91 Å². The Morgan fingerprint density at radius 2 is 2.33 bits per heavy atom. The maximum atomic E-state index is 12.8. The van der Waals surface area contributed by atoms with E-state index in [4.69, 9.17) is 0 Å². The molecule has 0 aromatic carbocycles. The molecule has 2 fully saturated rings. The van der Waals surface area contributed by atoms with E-state index in [1.807, 2.05) is 11.8 Å². The summed E-state index contributed by atoms with van der Waals surface area (Å²) in [5, 5.41) is 13.1. The van der Waals surface area contributed by atoms with Gasteiger partial charge in [-0.2, -0.15) is 0 Å². The van der Waals surface area contributed by atoms with Gasteiger partial charge in [0.1, 0.15) is 0 Å². The summed E-state index contributed by atoms with van der Waals surface area (Å²) in [6.45, 7) is 7.39. The van der Waals surface area contributed by atoms with Crippen molar-refractivity contribution in [2.24, 2.45) is 11.3 Å². The average Bonchev–Trinajstić information content (AvgIpc) is 2.82. The third kappa shape index (κ3) is 2.54. The van der Waals surface area contributed by atoms with Gasteiger partial charge in [0.05, 0.1) is 11.5 Å². The highest BCUT2D eigenvalue weighted by atomic mass is 16.3. The lowest BCUT2D eigenvalue weighted by atomic mass is 9.80. The van der Waals surface area contributed by atoms with Crippen molar-refractivity contribution >= 4 is 5.91 Å². The van der Waals surface area contributed by atoms with E-state index in [0.29, 0.717) is 12.5 Å². The number of hydrogen-bond acceptors (Lipinski definition) is 3. The molecule has 0 spiro atoms. The number of hydrogen-bond donors (Lipinski definition) is 2. The first-order chi connectivity index (χ1) is 8.59. The highest BCUT2D eigenvalue weighted by molar-refractivity contribution is 5.83. The minimum Gasteiger partial charge on any atom is -0.393 e. The summed E-state index contributed by atoms with van der Waals surface area (Å²) in [7, 11) is 0. The Morgan fingerprint density at radius 1 is 1.56 bits per heavy atom. The molecule has 3 atom stereocenters. The van der Waals surface area contributed by atoms with Gasteiger partial charge in [-0.1, -0.05) is 20.3 Å². The summed E-state index contributed by atoms with van der Waals surface area (Å²) in [5.74, 6) is 0.517. The number of aliphatic hydroxyl groups is 1. The summed E-state index contributed by atoms with van der Waals surface area (Å²) in [6, 6.07) is 0. The molecule has 2 saturated heterocycles. The van der Waals surface area contributed by atoms with Crippen molar-refractivity contribution < 1.29 is 9.90 Å². The number of piperidine rings is 1. The number of nitrogens with one attached hydrogen (secondary N) is 1. The molecular weight excluding hydrogens is 228 g/mol. The van der Waals surface area contributed by atoms with Crippen molar-refractivity contribution in [3.63, 3.8) is 0 Å². The van der Waals surface area contributed by atoms with Gasteiger partial charge in [0, 0.05) is 19.6 Å². The van der Waals surface area contributed by atoms with E-state index in [1.165, 1.54) is 0 Å². The van der Waals surface area contributed by atoms with Crippen LogP contribution in [0.25, 0.3) is 0 Å².